The van der Waals surface area contributed by atoms with Crippen LogP contribution >= 0.6 is 0 Å². The molecule has 0 aromatic heterocycles. The second kappa shape index (κ2) is 31.6. The number of esters is 3. The number of benzene rings is 3. The van der Waals surface area contributed by atoms with Gasteiger partial charge in [0.2, 0.25) is 6.29 Å². The number of aromatic hydroxyl groups is 5. The molecule has 6 rings (SSSR count). The first-order valence-electron chi connectivity index (χ1n) is 23.9. The van der Waals surface area contributed by atoms with E-state index in [9.17, 15) is 54.6 Å². The smallest absolute Gasteiger partial charge is 0.337 e. The van der Waals surface area contributed by atoms with E-state index in [0.29, 0.717) is 30.3 Å². The third kappa shape index (κ3) is 18.5. The van der Waals surface area contributed by atoms with Crippen molar-refractivity contribution in [2.75, 3.05) is 40.6 Å². The van der Waals surface area contributed by atoms with Crippen LogP contribution in [0.15, 0.2) is 96.0 Å². The van der Waals surface area contributed by atoms with Gasteiger partial charge in [0.1, 0.15) is 30.3 Å². The fourth-order valence-electron chi connectivity index (χ4n) is 8.11. The minimum atomic E-state index is -1.55. The number of aliphatic carboxylic acids is 1. The van der Waals surface area contributed by atoms with E-state index in [1.54, 1.807) is 56.3 Å². The molecular weight excluding hydrogens is 1000 g/mol. The molecule has 76 heavy (non-hydrogen) atoms. The molecule has 23 nitrogen and oxygen atoms in total. The highest BCUT2D eigenvalue weighted by Crippen LogP contribution is 2.38. The third-order valence-corrected chi connectivity index (χ3v) is 12.4. The molecule has 12 N–H and O–H groups in total. The molecule has 0 unspecified atom stereocenters. The van der Waals surface area contributed by atoms with E-state index in [0.717, 1.165) is 17.4 Å². The Morgan fingerprint density at radius 3 is 1.74 bits per heavy atom. The zero-order chi connectivity index (χ0) is 56.6. The molecule has 2 aliphatic heterocycles. The van der Waals surface area contributed by atoms with Crippen LogP contribution in [-0.2, 0) is 71.7 Å². The SMILES string of the molecule is C/C=C1/[C@H](O[C@@H]2C[C@H](CO)[C@@H](O)[C@H](O)[C@H]2O)OC=C(C(=O)OC)[C@H]1CC(=O)OCCc1ccc(O)c(O)c1.COC(=O)C1=CO[C@@H](C)[C@@H](C=O)[C@@H]1CC(=O)O.OCCc1ccc(O)c(O)c1.OCCc1ccc(O)cc1. The van der Waals surface area contributed by atoms with Crippen LogP contribution < -0.4 is 0 Å². The van der Waals surface area contributed by atoms with Crippen molar-refractivity contribution in [1.29, 1.82) is 0 Å². The van der Waals surface area contributed by atoms with Gasteiger partial charge in [-0.2, -0.15) is 0 Å². The zero-order valence-electron chi connectivity index (χ0n) is 42.3. The Balaban J connectivity index is 0.000000324. The zero-order valence-corrected chi connectivity index (χ0v) is 42.3. The molecule has 3 aromatic carbocycles. The first-order chi connectivity index (χ1) is 36.2. The van der Waals surface area contributed by atoms with E-state index < -0.39 is 91.0 Å². The molecule has 1 aliphatic carbocycles. The quantitative estimate of drug-likeness (QED) is 0.0302. The van der Waals surface area contributed by atoms with Crippen molar-refractivity contribution in [3.63, 3.8) is 0 Å². The van der Waals surface area contributed by atoms with Crippen LogP contribution in [-0.4, -0.2) is 169 Å². The van der Waals surface area contributed by atoms with Crippen molar-refractivity contribution in [3.05, 3.63) is 113 Å². The molecule has 1 fully saturated rings. The number of carboxylic acids is 1. The Hall–Kier alpha value is -7.25. The summed E-state index contributed by atoms with van der Waals surface area (Å²) in [7, 11) is 2.37. The van der Waals surface area contributed by atoms with Crippen LogP contribution in [0.25, 0.3) is 0 Å². The topological polar surface area (TPSA) is 383 Å². The number of hydrogen-bond acceptors (Lipinski definition) is 22. The Morgan fingerprint density at radius 2 is 1.22 bits per heavy atom. The highest BCUT2D eigenvalue weighted by molar-refractivity contribution is 5.91. The number of allylic oxidation sites excluding steroid dienone is 1. The van der Waals surface area contributed by atoms with Crippen LogP contribution in [0.5, 0.6) is 28.7 Å². The predicted molar refractivity (Wildman–Crippen MR) is 265 cm³/mol. The third-order valence-electron chi connectivity index (χ3n) is 12.4. The maximum atomic E-state index is 12.7. The molecule has 1 saturated carbocycles. The second-order valence-electron chi connectivity index (χ2n) is 17.5. The fraction of sp³-hybridized carbons (Fsp3) is 0.453. The Bertz CT molecular complexity index is 2450. The van der Waals surface area contributed by atoms with Crippen molar-refractivity contribution in [1.82, 2.24) is 0 Å². The highest BCUT2D eigenvalue weighted by atomic mass is 16.7. The van der Waals surface area contributed by atoms with Crippen molar-refractivity contribution in [2.45, 2.75) is 89.2 Å². The summed E-state index contributed by atoms with van der Waals surface area (Å²) in [6.45, 7) is 3.05. The summed E-state index contributed by atoms with van der Waals surface area (Å²) in [6, 6.07) is 15.6. The van der Waals surface area contributed by atoms with Crippen LogP contribution in [0.4, 0.5) is 0 Å². The number of phenolic OH excluding ortho intramolecular Hbond substituents is 5. The Morgan fingerprint density at radius 1 is 0.684 bits per heavy atom. The van der Waals surface area contributed by atoms with Gasteiger partial charge < -0.3 is 94.5 Å². The first kappa shape index (κ1) is 63.0. The molecule has 23 heteroatoms. The lowest BCUT2D eigenvalue weighted by molar-refractivity contribution is -0.219. The summed E-state index contributed by atoms with van der Waals surface area (Å²) in [4.78, 5) is 58.3. The number of carboxylic acid groups (broad SMARTS) is 1. The van der Waals surface area contributed by atoms with Crippen LogP contribution in [0.2, 0.25) is 0 Å². The second-order valence-corrected chi connectivity index (χ2v) is 17.5. The number of hydrogen-bond donors (Lipinski definition) is 12. The van der Waals surface area contributed by atoms with Gasteiger partial charge in [0, 0.05) is 49.6 Å². The molecule has 0 bridgehead atoms. The summed E-state index contributed by atoms with van der Waals surface area (Å²) in [5.41, 5.74) is 3.00. The Labute approximate surface area is 437 Å². The molecule has 0 radical (unpaired) electrons. The van der Waals surface area contributed by atoms with E-state index in [4.69, 9.17) is 54.3 Å². The van der Waals surface area contributed by atoms with Crippen molar-refractivity contribution < 1.29 is 114 Å². The van der Waals surface area contributed by atoms with Gasteiger partial charge in [-0.3, -0.25) is 9.59 Å². The first-order valence-corrected chi connectivity index (χ1v) is 23.9. The normalized spacial score (nSPS) is 24.1. The van der Waals surface area contributed by atoms with E-state index >= 15 is 0 Å². The molecular formula is C53H68O23. The Kier molecular flexibility index (Phi) is 26.2. The van der Waals surface area contributed by atoms with Crippen LogP contribution in [0.1, 0.15) is 49.8 Å². The summed E-state index contributed by atoms with van der Waals surface area (Å²) in [5.74, 6) is -6.62. The number of ether oxygens (including phenoxy) is 6. The number of carbonyl (C=O) groups is 5. The fourth-order valence-corrected chi connectivity index (χ4v) is 8.11. The van der Waals surface area contributed by atoms with E-state index in [-0.39, 0.29) is 85.4 Å². The summed E-state index contributed by atoms with van der Waals surface area (Å²) < 4.78 is 31.4. The number of aldehydes is 1. The van der Waals surface area contributed by atoms with Crippen molar-refractivity contribution in [2.24, 2.45) is 23.7 Å². The van der Waals surface area contributed by atoms with Crippen molar-refractivity contribution in [3.8, 4) is 28.7 Å². The summed E-state index contributed by atoms with van der Waals surface area (Å²) in [5, 5.41) is 112. The van der Waals surface area contributed by atoms with Gasteiger partial charge in [-0.1, -0.05) is 30.3 Å². The number of methoxy groups -OCH3 is 2. The summed E-state index contributed by atoms with van der Waals surface area (Å²) in [6.07, 6.45) is -1.58. The number of rotatable bonds is 17. The minimum Gasteiger partial charge on any atom is -0.508 e. The van der Waals surface area contributed by atoms with Crippen LogP contribution in [0, 0.1) is 23.7 Å². The van der Waals surface area contributed by atoms with Gasteiger partial charge in [0.15, 0.2) is 23.0 Å². The van der Waals surface area contributed by atoms with Gasteiger partial charge in [0.25, 0.3) is 0 Å². The standard InChI is InChI=1S/C26H34O12.C11H14O6.C8H10O3.C8H10O2/c1-3-15-16(10-21(30)36-7-6-13-4-5-18(28)19(29)8-13)17(25(34)35-2)12-37-26(15)38-20-9-14(11-27)22(31)24(33)23(20)32;1-6-8(4-12)7(3-10(13)14)9(5-17-6)11(15)16-2;9-4-3-6-1-2-7(10)8(11)5-6;9-6-5-7-1-3-8(10)4-2-7/h3-5,8,12,14,16,20,22-24,26-29,31-33H,6-7,9-11H2,1-2H3;4-8H,3H2,1-2H3,(H,13,14);1-2,5,9-11H,3-4H2;1-4,9-10H,5-6H2/b15-3+;;;/t14-,16+,20-,22-,23+,24+,26+;6-,7-,8+;;/m10../s1. The van der Waals surface area contributed by atoms with Gasteiger partial charge in [-0.05, 0) is 86.2 Å². The maximum absolute atomic E-state index is 12.7. The molecule has 2 heterocycles. The molecule has 0 amide bonds. The van der Waals surface area contributed by atoms with Gasteiger partial charge in [-0.25, -0.2) is 9.59 Å². The number of aliphatic hydroxyl groups excluding tert-OH is 6. The van der Waals surface area contributed by atoms with Gasteiger partial charge in [0.05, 0.1) is 75.5 Å². The minimum absolute atomic E-state index is 0.0222. The van der Waals surface area contributed by atoms with E-state index in [2.05, 4.69) is 4.74 Å². The molecule has 3 aromatic rings. The lowest BCUT2D eigenvalue weighted by Gasteiger charge is -2.42. The van der Waals surface area contributed by atoms with Gasteiger partial charge in [-0.15, -0.1) is 0 Å². The molecule has 10 atom stereocenters. The molecule has 0 spiro atoms. The monoisotopic (exact) mass is 1070 g/mol. The average molecular weight is 1070 g/mol. The summed E-state index contributed by atoms with van der Waals surface area (Å²) >= 11 is 0. The number of carbonyl (C=O) groups excluding carboxylic acids is 4. The predicted octanol–water partition coefficient (Wildman–Crippen LogP) is 1.96. The lowest BCUT2D eigenvalue weighted by Crippen LogP contribution is -2.56. The molecule has 418 valence electrons. The number of phenols is 5. The largest absolute Gasteiger partial charge is 0.508 e. The van der Waals surface area contributed by atoms with Crippen molar-refractivity contribution >= 4 is 30.2 Å². The highest BCUT2D eigenvalue weighted by Gasteiger charge is 2.46. The number of aliphatic hydroxyl groups is 6. The lowest BCUT2D eigenvalue weighted by atomic mass is 9.80. The molecule has 0 saturated heterocycles. The van der Waals surface area contributed by atoms with Crippen LogP contribution in [0.3, 0.4) is 0 Å². The van der Waals surface area contributed by atoms with E-state index in [1.807, 2.05) is 0 Å². The van der Waals surface area contributed by atoms with E-state index in [1.165, 1.54) is 44.7 Å². The molecule has 3 aliphatic rings. The maximum Gasteiger partial charge on any atom is 0.337 e. The average Bonchev–Trinajstić information content (AvgIpc) is 3.39. The van der Waals surface area contributed by atoms with Gasteiger partial charge >= 0.3 is 23.9 Å².